The van der Waals surface area contributed by atoms with Gasteiger partial charge in [0.25, 0.3) is 0 Å². The molecule has 0 bridgehead atoms. The van der Waals surface area contributed by atoms with Gasteiger partial charge in [-0.3, -0.25) is 0 Å². The molecule has 0 radical (unpaired) electrons. The van der Waals surface area contributed by atoms with Crippen molar-refractivity contribution >= 4 is 11.9 Å². The molecule has 2 N–H and O–H groups in total. The second kappa shape index (κ2) is 5.87. The van der Waals surface area contributed by atoms with Crippen molar-refractivity contribution in [3.05, 3.63) is 17.5 Å². The second-order valence-electron chi connectivity index (χ2n) is 5.26. The maximum atomic E-state index is 11.7. The van der Waals surface area contributed by atoms with Gasteiger partial charge >= 0.3 is 5.97 Å². The quantitative estimate of drug-likeness (QED) is 0.820. The zero-order valence-corrected chi connectivity index (χ0v) is 11.5. The third-order valence-electron chi connectivity index (χ3n) is 3.69. The average molecular weight is 274 g/mol. The highest BCUT2D eigenvalue weighted by Gasteiger charge is 2.39. The van der Waals surface area contributed by atoms with Crippen molar-refractivity contribution in [1.82, 2.24) is 9.97 Å². The summed E-state index contributed by atoms with van der Waals surface area (Å²) in [6.45, 7) is 1.76. The number of nitriles is 1. The predicted molar refractivity (Wildman–Crippen MR) is 73.2 cm³/mol. The molecule has 1 aliphatic rings. The summed E-state index contributed by atoms with van der Waals surface area (Å²) in [6.07, 6.45) is 4.96. The van der Waals surface area contributed by atoms with Crippen LogP contribution in [-0.4, -0.2) is 26.6 Å². The van der Waals surface area contributed by atoms with Crippen LogP contribution in [0.3, 0.4) is 0 Å². The number of aromatic nitrogens is 2. The Morgan fingerprint density at radius 1 is 1.35 bits per heavy atom. The third kappa shape index (κ3) is 3.05. The van der Waals surface area contributed by atoms with Gasteiger partial charge in [0.2, 0.25) is 5.95 Å². The minimum absolute atomic E-state index is 0.228. The first kappa shape index (κ1) is 14.3. The molecule has 1 aromatic rings. The fraction of sp³-hybridized carbons (Fsp3) is 0.571. The van der Waals surface area contributed by atoms with E-state index in [1.54, 1.807) is 13.0 Å². The van der Waals surface area contributed by atoms with Crippen molar-refractivity contribution < 1.29 is 9.90 Å². The van der Waals surface area contributed by atoms with Crippen LogP contribution in [0.2, 0.25) is 0 Å². The molecule has 0 aromatic carbocycles. The Hall–Kier alpha value is -2.16. The van der Waals surface area contributed by atoms with E-state index < -0.39 is 11.5 Å². The van der Waals surface area contributed by atoms with E-state index in [1.807, 2.05) is 6.07 Å². The third-order valence-corrected chi connectivity index (χ3v) is 3.69. The van der Waals surface area contributed by atoms with Crippen LogP contribution < -0.4 is 5.32 Å². The molecule has 106 valence electrons. The first-order valence-electron chi connectivity index (χ1n) is 6.83. The maximum absolute atomic E-state index is 11.7. The lowest BCUT2D eigenvalue weighted by atomic mass is 9.90. The minimum Gasteiger partial charge on any atom is -0.480 e. The second-order valence-corrected chi connectivity index (χ2v) is 5.26. The van der Waals surface area contributed by atoms with Gasteiger partial charge in [0, 0.05) is 5.69 Å². The summed E-state index contributed by atoms with van der Waals surface area (Å²) in [7, 11) is 0. The number of rotatable bonds is 3. The van der Waals surface area contributed by atoms with Gasteiger partial charge in [-0.05, 0) is 25.8 Å². The number of nitrogens with one attached hydrogen (secondary N) is 1. The topological polar surface area (TPSA) is 98.9 Å². The lowest BCUT2D eigenvalue weighted by molar-refractivity contribution is -0.142. The van der Waals surface area contributed by atoms with E-state index in [0.29, 0.717) is 18.5 Å². The summed E-state index contributed by atoms with van der Waals surface area (Å²) in [5, 5.41) is 21.5. The number of aliphatic carboxylic acids is 1. The van der Waals surface area contributed by atoms with Crippen LogP contribution in [0.4, 0.5) is 5.95 Å². The maximum Gasteiger partial charge on any atom is 0.329 e. The summed E-state index contributed by atoms with van der Waals surface area (Å²) >= 11 is 0. The molecule has 2 rings (SSSR count). The van der Waals surface area contributed by atoms with Crippen molar-refractivity contribution in [3.63, 3.8) is 0 Å². The zero-order valence-electron chi connectivity index (χ0n) is 11.5. The fourth-order valence-corrected chi connectivity index (χ4v) is 2.62. The molecule has 1 aliphatic carbocycles. The SMILES string of the molecule is Cc1cc(C#N)nc(NC2(C(=O)O)CCCCCC2)n1. The first-order valence-corrected chi connectivity index (χ1v) is 6.83. The molecule has 0 spiro atoms. The molecule has 20 heavy (non-hydrogen) atoms. The Morgan fingerprint density at radius 2 is 2.00 bits per heavy atom. The molecular weight excluding hydrogens is 256 g/mol. The van der Waals surface area contributed by atoms with Gasteiger partial charge in [-0.2, -0.15) is 5.26 Å². The number of carbonyl (C=O) groups is 1. The summed E-state index contributed by atoms with van der Waals surface area (Å²) in [4.78, 5) is 19.9. The van der Waals surface area contributed by atoms with Crippen LogP contribution in [0.15, 0.2) is 6.07 Å². The number of anilines is 1. The highest BCUT2D eigenvalue weighted by Crippen LogP contribution is 2.30. The van der Waals surface area contributed by atoms with Gasteiger partial charge in [0.05, 0.1) is 0 Å². The van der Waals surface area contributed by atoms with Crippen LogP contribution in [0, 0.1) is 18.3 Å². The van der Waals surface area contributed by atoms with Crippen molar-refractivity contribution in [1.29, 1.82) is 5.26 Å². The van der Waals surface area contributed by atoms with E-state index in [2.05, 4.69) is 15.3 Å². The minimum atomic E-state index is -1.02. The van der Waals surface area contributed by atoms with Crippen molar-refractivity contribution in [2.24, 2.45) is 0 Å². The summed E-state index contributed by atoms with van der Waals surface area (Å²) in [5.74, 6) is -0.645. The molecule has 0 amide bonds. The van der Waals surface area contributed by atoms with Crippen LogP contribution in [-0.2, 0) is 4.79 Å². The lowest BCUT2D eigenvalue weighted by Crippen LogP contribution is -2.46. The Balaban J connectivity index is 2.30. The number of hydrogen-bond acceptors (Lipinski definition) is 5. The molecule has 6 nitrogen and oxygen atoms in total. The van der Waals surface area contributed by atoms with Gasteiger partial charge < -0.3 is 10.4 Å². The van der Waals surface area contributed by atoms with Crippen LogP contribution in [0.5, 0.6) is 0 Å². The molecule has 1 heterocycles. The van der Waals surface area contributed by atoms with E-state index in [0.717, 1.165) is 25.7 Å². The van der Waals surface area contributed by atoms with Crippen LogP contribution in [0.1, 0.15) is 49.9 Å². The average Bonchev–Trinajstić information content (AvgIpc) is 2.64. The van der Waals surface area contributed by atoms with Crippen LogP contribution >= 0.6 is 0 Å². The van der Waals surface area contributed by atoms with E-state index in [9.17, 15) is 9.90 Å². The fourth-order valence-electron chi connectivity index (χ4n) is 2.62. The van der Waals surface area contributed by atoms with Crippen molar-refractivity contribution in [2.75, 3.05) is 5.32 Å². The number of nitrogens with zero attached hydrogens (tertiary/aromatic N) is 3. The number of hydrogen-bond donors (Lipinski definition) is 2. The largest absolute Gasteiger partial charge is 0.480 e. The number of carboxylic acid groups (broad SMARTS) is 1. The molecule has 1 fully saturated rings. The summed E-state index contributed by atoms with van der Waals surface area (Å²) < 4.78 is 0. The Bertz CT molecular complexity index is 543. The Morgan fingerprint density at radius 3 is 2.55 bits per heavy atom. The lowest BCUT2D eigenvalue weighted by Gasteiger charge is -2.29. The molecule has 0 atom stereocenters. The van der Waals surface area contributed by atoms with Gasteiger partial charge in [-0.25, -0.2) is 14.8 Å². The molecular formula is C14H18N4O2. The molecule has 0 unspecified atom stereocenters. The Labute approximate surface area is 117 Å². The van der Waals surface area contributed by atoms with E-state index in [-0.39, 0.29) is 11.6 Å². The molecule has 1 aromatic heterocycles. The molecule has 1 saturated carbocycles. The summed E-state index contributed by atoms with van der Waals surface area (Å²) in [6, 6.07) is 3.54. The molecule has 6 heteroatoms. The first-order chi connectivity index (χ1) is 9.55. The number of carboxylic acids is 1. The van der Waals surface area contributed by atoms with Crippen molar-refractivity contribution in [2.45, 2.75) is 51.0 Å². The number of aryl methyl sites for hydroxylation is 1. The van der Waals surface area contributed by atoms with Gasteiger partial charge in [-0.15, -0.1) is 0 Å². The van der Waals surface area contributed by atoms with E-state index in [1.165, 1.54) is 0 Å². The molecule has 0 saturated heterocycles. The van der Waals surface area contributed by atoms with Crippen LogP contribution in [0.25, 0.3) is 0 Å². The van der Waals surface area contributed by atoms with Gasteiger partial charge in [-0.1, -0.05) is 25.7 Å². The summed E-state index contributed by atoms with van der Waals surface area (Å²) in [5.41, 5.74) is -0.126. The van der Waals surface area contributed by atoms with E-state index >= 15 is 0 Å². The predicted octanol–water partition coefficient (Wildman–Crippen LogP) is 2.25. The monoisotopic (exact) mass is 274 g/mol. The van der Waals surface area contributed by atoms with Crippen molar-refractivity contribution in [3.8, 4) is 6.07 Å². The smallest absolute Gasteiger partial charge is 0.329 e. The van der Waals surface area contributed by atoms with Gasteiger partial charge in [0.15, 0.2) is 0 Å². The Kier molecular flexibility index (Phi) is 4.18. The normalized spacial score (nSPS) is 17.8. The highest BCUT2D eigenvalue weighted by atomic mass is 16.4. The van der Waals surface area contributed by atoms with E-state index in [4.69, 9.17) is 5.26 Å². The van der Waals surface area contributed by atoms with Gasteiger partial charge in [0.1, 0.15) is 17.3 Å². The molecule has 0 aliphatic heterocycles. The highest BCUT2D eigenvalue weighted by molar-refractivity contribution is 5.82. The standard InChI is InChI=1S/C14H18N4O2/c1-10-8-11(9-15)17-13(16-10)18-14(12(19)20)6-4-2-3-5-7-14/h8H,2-7H2,1H3,(H,19,20)(H,16,17,18). The zero-order chi connectivity index (χ0) is 14.6.